The standard InChI is InChI=1S/C11H15ClS2/c1-11(2,7-13)8-14-10-5-3-9(12)4-6-10/h3-6,13H,7-8H2,1-2H3. The molecule has 0 radical (unpaired) electrons. The van der Waals surface area contributed by atoms with E-state index in [1.807, 2.05) is 23.9 Å². The lowest BCUT2D eigenvalue weighted by atomic mass is 10.0. The van der Waals surface area contributed by atoms with E-state index in [1.54, 1.807) is 0 Å². The average molecular weight is 247 g/mol. The molecule has 0 N–H and O–H groups in total. The minimum absolute atomic E-state index is 0.285. The molecule has 1 aromatic carbocycles. The van der Waals surface area contributed by atoms with Crippen LogP contribution in [0.1, 0.15) is 13.8 Å². The van der Waals surface area contributed by atoms with Crippen molar-refractivity contribution in [1.82, 2.24) is 0 Å². The molecule has 1 rings (SSSR count). The molecule has 3 heteroatoms. The Hall–Kier alpha value is 0.210. The van der Waals surface area contributed by atoms with Gasteiger partial charge < -0.3 is 0 Å². The predicted molar refractivity (Wildman–Crippen MR) is 69.8 cm³/mol. The van der Waals surface area contributed by atoms with Crippen LogP contribution in [0.15, 0.2) is 29.2 Å². The second-order valence-corrected chi connectivity index (χ2v) is 5.87. The maximum absolute atomic E-state index is 5.81. The third-order valence-electron chi connectivity index (χ3n) is 1.87. The van der Waals surface area contributed by atoms with Crippen LogP contribution in [0.4, 0.5) is 0 Å². The molecule has 0 bridgehead atoms. The van der Waals surface area contributed by atoms with Crippen molar-refractivity contribution in [3.05, 3.63) is 29.3 Å². The molecule has 78 valence electrons. The molecule has 0 aliphatic carbocycles. The molecule has 1 aromatic rings. The fourth-order valence-electron chi connectivity index (χ4n) is 0.855. The van der Waals surface area contributed by atoms with Gasteiger partial charge in [-0.1, -0.05) is 25.4 Å². The van der Waals surface area contributed by atoms with Crippen LogP contribution in [0.3, 0.4) is 0 Å². The molecule has 0 saturated heterocycles. The summed E-state index contributed by atoms with van der Waals surface area (Å²) >= 11 is 12.0. The van der Waals surface area contributed by atoms with Gasteiger partial charge in [0, 0.05) is 15.7 Å². The fraction of sp³-hybridized carbons (Fsp3) is 0.455. The van der Waals surface area contributed by atoms with Crippen LogP contribution in [0.5, 0.6) is 0 Å². The van der Waals surface area contributed by atoms with E-state index >= 15 is 0 Å². The molecule has 0 atom stereocenters. The normalized spacial score (nSPS) is 11.7. The lowest BCUT2D eigenvalue weighted by molar-refractivity contribution is 0.494. The van der Waals surface area contributed by atoms with Crippen LogP contribution >= 0.6 is 36.0 Å². The Morgan fingerprint density at radius 1 is 1.29 bits per heavy atom. The van der Waals surface area contributed by atoms with Crippen molar-refractivity contribution in [1.29, 1.82) is 0 Å². The molecule has 0 fully saturated rings. The van der Waals surface area contributed by atoms with E-state index in [1.165, 1.54) is 4.90 Å². The Kier molecular flexibility index (Phi) is 4.68. The zero-order valence-electron chi connectivity index (χ0n) is 8.46. The summed E-state index contributed by atoms with van der Waals surface area (Å²) in [6.07, 6.45) is 0. The first-order valence-electron chi connectivity index (χ1n) is 4.53. The Labute approximate surface area is 101 Å². The van der Waals surface area contributed by atoms with Gasteiger partial charge in [-0.3, -0.25) is 0 Å². The van der Waals surface area contributed by atoms with Crippen LogP contribution in [0.2, 0.25) is 5.02 Å². The Morgan fingerprint density at radius 3 is 2.36 bits per heavy atom. The van der Waals surface area contributed by atoms with Gasteiger partial charge in [-0.25, -0.2) is 0 Å². The first-order chi connectivity index (χ1) is 6.53. The van der Waals surface area contributed by atoms with Crippen molar-refractivity contribution in [3.63, 3.8) is 0 Å². The zero-order chi connectivity index (χ0) is 10.6. The first-order valence-corrected chi connectivity index (χ1v) is 6.52. The Bertz CT molecular complexity index is 280. The molecular formula is C11H15ClS2. The number of hydrogen-bond donors (Lipinski definition) is 1. The number of thiol groups is 1. The summed E-state index contributed by atoms with van der Waals surface area (Å²) < 4.78 is 0. The largest absolute Gasteiger partial charge is 0.179 e. The summed E-state index contributed by atoms with van der Waals surface area (Å²) in [6, 6.07) is 7.97. The van der Waals surface area contributed by atoms with Crippen LogP contribution in [-0.4, -0.2) is 11.5 Å². The van der Waals surface area contributed by atoms with Crippen molar-refractivity contribution < 1.29 is 0 Å². The number of halogens is 1. The number of benzene rings is 1. The van der Waals surface area contributed by atoms with Crippen molar-refractivity contribution in [2.24, 2.45) is 5.41 Å². The van der Waals surface area contributed by atoms with Crippen LogP contribution in [-0.2, 0) is 0 Å². The van der Waals surface area contributed by atoms with Crippen molar-refractivity contribution >= 4 is 36.0 Å². The van der Waals surface area contributed by atoms with E-state index in [4.69, 9.17) is 11.6 Å². The summed E-state index contributed by atoms with van der Waals surface area (Å²) in [7, 11) is 0. The highest BCUT2D eigenvalue weighted by molar-refractivity contribution is 7.99. The van der Waals surface area contributed by atoms with Crippen LogP contribution in [0, 0.1) is 5.41 Å². The summed E-state index contributed by atoms with van der Waals surface area (Å²) in [5, 5.41) is 0.794. The molecule has 0 saturated carbocycles. The van der Waals surface area contributed by atoms with Gasteiger partial charge in [0.05, 0.1) is 0 Å². The molecule has 0 nitrogen and oxygen atoms in total. The summed E-state index contributed by atoms with van der Waals surface area (Å²) in [4.78, 5) is 1.27. The molecule has 0 spiro atoms. The monoisotopic (exact) mass is 246 g/mol. The predicted octanol–water partition coefficient (Wildman–Crippen LogP) is 4.39. The van der Waals surface area contributed by atoms with Gasteiger partial charge in [0.15, 0.2) is 0 Å². The second kappa shape index (κ2) is 5.34. The number of thioether (sulfide) groups is 1. The Balaban J connectivity index is 2.50. The first kappa shape index (κ1) is 12.3. The van der Waals surface area contributed by atoms with Gasteiger partial charge in [0.2, 0.25) is 0 Å². The smallest absolute Gasteiger partial charge is 0.0406 e. The summed E-state index contributed by atoms with van der Waals surface area (Å²) in [6.45, 7) is 4.45. The molecule has 0 heterocycles. The van der Waals surface area contributed by atoms with Gasteiger partial charge in [-0.05, 0) is 35.4 Å². The maximum atomic E-state index is 5.81. The Morgan fingerprint density at radius 2 is 1.86 bits per heavy atom. The maximum Gasteiger partial charge on any atom is 0.0406 e. The molecular weight excluding hydrogens is 232 g/mol. The van der Waals surface area contributed by atoms with Crippen molar-refractivity contribution in [2.45, 2.75) is 18.7 Å². The van der Waals surface area contributed by atoms with Crippen LogP contribution < -0.4 is 0 Å². The van der Waals surface area contributed by atoms with Gasteiger partial charge in [0.1, 0.15) is 0 Å². The van der Waals surface area contributed by atoms with Crippen molar-refractivity contribution in [2.75, 3.05) is 11.5 Å². The third kappa shape index (κ3) is 4.16. The molecule has 14 heavy (non-hydrogen) atoms. The van der Waals surface area contributed by atoms with E-state index in [-0.39, 0.29) is 5.41 Å². The quantitative estimate of drug-likeness (QED) is 0.608. The SMILES string of the molecule is CC(C)(CS)CSc1ccc(Cl)cc1. The zero-order valence-corrected chi connectivity index (χ0v) is 10.9. The molecule has 0 amide bonds. The minimum Gasteiger partial charge on any atom is -0.179 e. The van der Waals surface area contributed by atoms with E-state index < -0.39 is 0 Å². The van der Waals surface area contributed by atoms with Crippen molar-refractivity contribution in [3.8, 4) is 0 Å². The van der Waals surface area contributed by atoms with Gasteiger partial charge >= 0.3 is 0 Å². The highest BCUT2D eigenvalue weighted by atomic mass is 35.5. The molecule has 0 unspecified atom stereocenters. The summed E-state index contributed by atoms with van der Waals surface area (Å²) in [5.41, 5.74) is 0.285. The van der Waals surface area contributed by atoms with Gasteiger partial charge in [0.25, 0.3) is 0 Å². The van der Waals surface area contributed by atoms with E-state index in [9.17, 15) is 0 Å². The average Bonchev–Trinajstić information content (AvgIpc) is 2.17. The third-order valence-corrected chi connectivity index (χ3v) is 4.51. The molecule has 0 aliphatic heterocycles. The number of hydrogen-bond acceptors (Lipinski definition) is 2. The molecule has 0 aromatic heterocycles. The highest BCUT2D eigenvalue weighted by Gasteiger charge is 2.15. The lowest BCUT2D eigenvalue weighted by Crippen LogP contribution is -2.16. The van der Waals surface area contributed by atoms with E-state index in [0.29, 0.717) is 0 Å². The van der Waals surface area contributed by atoms with Gasteiger partial charge in [-0.15, -0.1) is 11.8 Å². The van der Waals surface area contributed by atoms with Gasteiger partial charge in [-0.2, -0.15) is 12.6 Å². The minimum atomic E-state index is 0.285. The summed E-state index contributed by atoms with van der Waals surface area (Å²) in [5.74, 6) is 1.99. The second-order valence-electron chi connectivity index (χ2n) is 4.06. The fourth-order valence-corrected chi connectivity index (χ4v) is 2.23. The van der Waals surface area contributed by atoms with E-state index in [0.717, 1.165) is 16.5 Å². The highest BCUT2D eigenvalue weighted by Crippen LogP contribution is 2.28. The molecule has 0 aliphatic rings. The number of rotatable bonds is 4. The topological polar surface area (TPSA) is 0 Å². The van der Waals surface area contributed by atoms with Crippen LogP contribution in [0.25, 0.3) is 0 Å². The lowest BCUT2D eigenvalue weighted by Gasteiger charge is -2.21. The van der Waals surface area contributed by atoms with E-state index in [2.05, 4.69) is 38.6 Å².